The summed E-state index contributed by atoms with van der Waals surface area (Å²) in [5.41, 5.74) is 5.46. The lowest BCUT2D eigenvalue weighted by atomic mass is 9.98. The van der Waals surface area contributed by atoms with E-state index in [0.29, 0.717) is 0 Å². The first-order valence-electron chi connectivity index (χ1n) is 8.68. The van der Waals surface area contributed by atoms with Crippen LogP contribution in [0.2, 0.25) is 0 Å². The molecule has 0 radical (unpaired) electrons. The van der Waals surface area contributed by atoms with Crippen LogP contribution in [-0.2, 0) is 4.79 Å². The molecule has 26 heavy (non-hydrogen) atoms. The Balaban J connectivity index is 1.71. The predicted octanol–water partition coefficient (Wildman–Crippen LogP) is 4.95. The van der Waals surface area contributed by atoms with Crippen molar-refractivity contribution >= 4 is 12.0 Å². The zero-order valence-corrected chi connectivity index (χ0v) is 15.0. The van der Waals surface area contributed by atoms with Crippen molar-refractivity contribution in [1.82, 2.24) is 10.3 Å². The van der Waals surface area contributed by atoms with Crippen molar-refractivity contribution in [2.45, 2.75) is 19.9 Å². The van der Waals surface area contributed by atoms with Gasteiger partial charge in [-0.05, 0) is 54.3 Å². The molecule has 0 spiro atoms. The van der Waals surface area contributed by atoms with Crippen molar-refractivity contribution in [3.8, 4) is 11.1 Å². The van der Waals surface area contributed by atoms with Crippen LogP contribution in [0.1, 0.15) is 29.7 Å². The summed E-state index contributed by atoms with van der Waals surface area (Å²) >= 11 is 0. The average molecular weight is 342 g/mol. The monoisotopic (exact) mass is 342 g/mol. The molecule has 0 fully saturated rings. The number of carbonyl (C=O) groups excluding carboxylic acids is 1. The highest BCUT2D eigenvalue weighted by Gasteiger charge is 2.09. The molecule has 0 unspecified atom stereocenters. The summed E-state index contributed by atoms with van der Waals surface area (Å²) in [5, 5.41) is 3.02. The number of amides is 1. The first-order chi connectivity index (χ1) is 12.6. The molecule has 2 aromatic carbocycles. The number of nitrogens with zero attached hydrogens (tertiary/aromatic N) is 1. The van der Waals surface area contributed by atoms with Crippen LogP contribution in [0.25, 0.3) is 17.2 Å². The fraction of sp³-hybridized carbons (Fsp3) is 0.130. The maximum absolute atomic E-state index is 12.2. The van der Waals surface area contributed by atoms with Crippen molar-refractivity contribution in [3.05, 3.63) is 95.8 Å². The zero-order valence-electron chi connectivity index (χ0n) is 15.0. The smallest absolute Gasteiger partial charge is 0.244 e. The number of hydrogen-bond acceptors (Lipinski definition) is 2. The van der Waals surface area contributed by atoms with Crippen LogP contribution in [-0.4, -0.2) is 10.9 Å². The maximum Gasteiger partial charge on any atom is 0.244 e. The summed E-state index contributed by atoms with van der Waals surface area (Å²) in [6.45, 7) is 4.06. The summed E-state index contributed by atoms with van der Waals surface area (Å²) in [6, 6.07) is 19.9. The molecule has 3 nitrogen and oxygen atoms in total. The zero-order chi connectivity index (χ0) is 18.4. The van der Waals surface area contributed by atoms with Gasteiger partial charge in [-0.1, -0.05) is 48.5 Å². The van der Waals surface area contributed by atoms with Gasteiger partial charge in [-0.3, -0.25) is 9.78 Å². The van der Waals surface area contributed by atoms with Gasteiger partial charge in [-0.15, -0.1) is 0 Å². The van der Waals surface area contributed by atoms with Gasteiger partial charge in [0.15, 0.2) is 0 Å². The highest BCUT2D eigenvalue weighted by Crippen LogP contribution is 2.25. The molecule has 1 N–H and O–H groups in total. The van der Waals surface area contributed by atoms with Crippen LogP contribution in [0, 0.1) is 6.92 Å². The van der Waals surface area contributed by atoms with Crippen molar-refractivity contribution in [1.29, 1.82) is 0 Å². The standard InChI is InChI=1S/C23H22N2O/c1-17-13-14-24-16-22(17)21-10-6-9-20(15-21)18(2)25-23(26)12-11-19-7-4-3-5-8-19/h3-16,18H,1-2H3,(H,25,26)/b12-11+/t18-/m0/s1. The van der Waals surface area contributed by atoms with Gasteiger partial charge in [0, 0.05) is 24.0 Å². The maximum atomic E-state index is 12.2. The highest BCUT2D eigenvalue weighted by atomic mass is 16.1. The molecule has 3 rings (SSSR count). The molecule has 0 aliphatic heterocycles. The number of nitrogens with one attached hydrogen (secondary N) is 1. The third-order valence-electron chi connectivity index (χ3n) is 4.32. The van der Waals surface area contributed by atoms with Crippen LogP contribution in [0.3, 0.4) is 0 Å². The first kappa shape index (κ1) is 17.6. The Morgan fingerprint density at radius 2 is 1.88 bits per heavy atom. The molecule has 3 heteroatoms. The molecule has 0 saturated carbocycles. The Morgan fingerprint density at radius 1 is 1.08 bits per heavy atom. The largest absolute Gasteiger partial charge is 0.346 e. The number of pyridine rings is 1. The molecule has 0 bridgehead atoms. The lowest BCUT2D eigenvalue weighted by Gasteiger charge is -2.15. The van der Waals surface area contributed by atoms with Gasteiger partial charge < -0.3 is 5.32 Å². The van der Waals surface area contributed by atoms with E-state index in [1.807, 2.05) is 67.7 Å². The number of carbonyl (C=O) groups is 1. The van der Waals surface area contributed by atoms with Crippen molar-refractivity contribution in [3.63, 3.8) is 0 Å². The van der Waals surface area contributed by atoms with Crippen LogP contribution in [0.5, 0.6) is 0 Å². The molecule has 0 aliphatic carbocycles. The van der Waals surface area contributed by atoms with Crippen molar-refractivity contribution < 1.29 is 4.79 Å². The van der Waals surface area contributed by atoms with E-state index in [4.69, 9.17) is 0 Å². The van der Waals surface area contributed by atoms with Crippen molar-refractivity contribution in [2.75, 3.05) is 0 Å². The summed E-state index contributed by atoms with van der Waals surface area (Å²) in [7, 11) is 0. The Labute approximate surface area is 154 Å². The van der Waals surface area contributed by atoms with Gasteiger partial charge in [0.25, 0.3) is 0 Å². The summed E-state index contributed by atoms with van der Waals surface area (Å²) in [6.07, 6.45) is 7.06. The van der Waals surface area contributed by atoms with E-state index < -0.39 is 0 Å². The van der Waals surface area contributed by atoms with Crippen LogP contribution < -0.4 is 5.32 Å². The minimum absolute atomic E-state index is 0.0835. The molecule has 0 saturated heterocycles. The van der Waals surface area contributed by atoms with Crippen LogP contribution >= 0.6 is 0 Å². The minimum Gasteiger partial charge on any atom is -0.346 e. The topological polar surface area (TPSA) is 42.0 Å². The second-order valence-electron chi connectivity index (χ2n) is 6.29. The summed E-state index contributed by atoms with van der Waals surface area (Å²) < 4.78 is 0. The van der Waals surface area contributed by atoms with Gasteiger partial charge >= 0.3 is 0 Å². The van der Waals surface area contributed by atoms with E-state index in [9.17, 15) is 4.79 Å². The highest BCUT2D eigenvalue weighted by molar-refractivity contribution is 5.92. The van der Waals surface area contributed by atoms with Gasteiger partial charge in [0.1, 0.15) is 0 Å². The third kappa shape index (κ3) is 4.45. The number of aryl methyl sites for hydroxylation is 1. The summed E-state index contributed by atoms with van der Waals surface area (Å²) in [5.74, 6) is -0.107. The van der Waals surface area contributed by atoms with Crippen molar-refractivity contribution in [2.24, 2.45) is 0 Å². The Morgan fingerprint density at radius 3 is 2.65 bits per heavy atom. The van der Waals surface area contributed by atoms with Gasteiger partial charge in [-0.2, -0.15) is 0 Å². The van der Waals surface area contributed by atoms with Gasteiger partial charge in [0.2, 0.25) is 5.91 Å². The normalized spacial score (nSPS) is 12.1. The molecule has 1 aromatic heterocycles. The molecular formula is C23H22N2O. The van der Waals surface area contributed by atoms with E-state index in [0.717, 1.165) is 22.3 Å². The minimum atomic E-state index is -0.107. The second-order valence-corrected chi connectivity index (χ2v) is 6.29. The fourth-order valence-corrected chi connectivity index (χ4v) is 2.82. The van der Waals surface area contributed by atoms with E-state index in [1.165, 1.54) is 5.56 Å². The molecule has 1 heterocycles. The number of hydrogen-bond donors (Lipinski definition) is 1. The predicted molar refractivity (Wildman–Crippen MR) is 106 cm³/mol. The van der Waals surface area contributed by atoms with E-state index in [2.05, 4.69) is 29.4 Å². The lowest BCUT2D eigenvalue weighted by Crippen LogP contribution is -2.24. The average Bonchev–Trinajstić information content (AvgIpc) is 2.67. The SMILES string of the molecule is Cc1ccncc1-c1cccc([C@H](C)NC(=O)/C=C/c2ccccc2)c1. The quantitative estimate of drug-likeness (QED) is 0.667. The molecule has 130 valence electrons. The van der Waals surface area contributed by atoms with Crippen LogP contribution in [0.15, 0.2) is 79.1 Å². The van der Waals surface area contributed by atoms with Crippen LogP contribution in [0.4, 0.5) is 0 Å². The molecule has 1 atom stereocenters. The number of rotatable bonds is 5. The molecular weight excluding hydrogens is 320 g/mol. The van der Waals surface area contributed by atoms with E-state index in [-0.39, 0.29) is 11.9 Å². The van der Waals surface area contributed by atoms with E-state index in [1.54, 1.807) is 12.3 Å². The first-order valence-corrected chi connectivity index (χ1v) is 8.68. The number of benzene rings is 2. The fourth-order valence-electron chi connectivity index (χ4n) is 2.82. The second kappa shape index (κ2) is 8.26. The Hall–Kier alpha value is -3.20. The number of aromatic nitrogens is 1. The third-order valence-corrected chi connectivity index (χ3v) is 4.32. The van der Waals surface area contributed by atoms with E-state index >= 15 is 0 Å². The molecule has 1 amide bonds. The summed E-state index contributed by atoms with van der Waals surface area (Å²) in [4.78, 5) is 16.4. The molecule has 3 aromatic rings. The Bertz CT molecular complexity index is 916. The van der Waals surface area contributed by atoms with Gasteiger partial charge in [0.05, 0.1) is 6.04 Å². The van der Waals surface area contributed by atoms with Gasteiger partial charge in [-0.25, -0.2) is 0 Å². The Kier molecular flexibility index (Phi) is 5.59. The molecule has 0 aliphatic rings. The lowest BCUT2D eigenvalue weighted by molar-refractivity contribution is -0.117.